The van der Waals surface area contributed by atoms with Crippen molar-refractivity contribution in [2.45, 2.75) is 39.8 Å². The van der Waals surface area contributed by atoms with E-state index in [1.807, 2.05) is 26.8 Å². The summed E-state index contributed by atoms with van der Waals surface area (Å²) in [5, 5.41) is 3.01. The van der Waals surface area contributed by atoms with E-state index in [0.29, 0.717) is 12.6 Å². The second kappa shape index (κ2) is 7.99. The molecular formula is C19H32N4O. The van der Waals surface area contributed by atoms with Crippen LogP contribution in [0.2, 0.25) is 0 Å². The molecule has 24 heavy (non-hydrogen) atoms. The zero-order valence-electron chi connectivity index (χ0n) is 15.5. The first-order chi connectivity index (χ1) is 11.3. The van der Waals surface area contributed by atoms with Crippen LogP contribution in [0.4, 0.5) is 5.69 Å². The maximum atomic E-state index is 12.2. The first kappa shape index (κ1) is 18.7. The molecule has 3 N–H and O–H groups in total. The fraction of sp³-hybridized carbons (Fsp3) is 0.632. The Morgan fingerprint density at radius 2 is 1.75 bits per heavy atom. The molecule has 2 rings (SSSR count). The van der Waals surface area contributed by atoms with Gasteiger partial charge in [-0.3, -0.25) is 9.69 Å². The summed E-state index contributed by atoms with van der Waals surface area (Å²) in [5.74, 6) is -0.0581. The molecule has 1 aromatic rings. The molecule has 5 nitrogen and oxygen atoms in total. The van der Waals surface area contributed by atoms with Crippen molar-refractivity contribution >= 4 is 11.6 Å². The van der Waals surface area contributed by atoms with Gasteiger partial charge in [0.25, 0.3) is 0 Å². The predicted octanol–water partition coefficient (Wildman–Crippen LogP) is 1.69. The molecule has 1 aliphatic heterocycles. The Morgan fingerprint density at radius 3 is 2.29 bits per heavy atom. The van der Waals surface area contributed by atoms with E-state index in [0.717, 1.165) is 26.2 Å². The van der Waals surface area contributed by atoms with E-state index in [2.05, 4.69) is 46.3 Å². The van der Waals surface area contributed by atoms with Gasteiger partial charge in [0.05, 0.1) is 6.04 Å². The van der Waals surface area contributed by atoms with Gasteiger partial charge in [-0.25, -0.2) is 0 Å². The molecule has 1 unspecified atom stereocenters. The number of nitrogens with one attached hydrogen (secondary N) is 1. The SMILES string of the molecule is CC(CNC(=O)[C@@H](N)C(C)(C)C)N1CCN(c2ccccc2)CC1. The Labute approximate surface area is 146 Å². The average molecular weight is 332 g/mol. The second-order valence-electron chi connectivity index (χ2n) is 7.80. The Kier molecular flexibility index (Phi) is 6.24. The molecule has 0 aromatic heterocycles. The van der Waals surface area contributed by atoms with E-state index < -0.39 is 6.04 Å². The normalized spacial score (nSPS) is 19.0. The highest BCUT2D eigenvalue weighted by molar-refractivity contribution is 5.82. The van der Waals surface area contributed by atoms with E-state index in [9.17, 15) is 4.79 Å². The van der Waals surface area contributed by atoms with Crippen LogP contribution < -0.4 is 16.0 Å². The van der Waals surface area contributed by atoms with E-state index in [1.165, 1.54) is 5.69 Å². The van der Waals surface area contributed by atoms with Crippen molar-refractivity contribution in [2.24, 2.45) is 11.1 Å². The highest BCUT2D eigenvalue weighted by Gasteiger charge is 2.28. The molecule has 1 fully saturated rings. The lowest BCUT2D eigenvalue weighted by molar-refractivity contribution is -0.124. The summed E-state index contributed by atoms with van der Waals surface area (Å²) >= 11 is 0. The van der Waals surface area contributed by atoms with Crippen molar-refractivity contribution in [2.75, 3.05) is 37.6 Å². The summed E-state index contributed by atoms with van der Waals surface area (Å²) in [7, 11) is 0. The van der Waals surface area contributed by atoms with Crippen molar-refractivity contribution in [3.05, 3.63) is 30.3 Å². The Bertz CT molecular complexity index is 518. The first-order valence-electron chi connectivity index (χ1n) is 8.86. The zero-order valence-corrected chi connectivity index (χ0v) is 15.5. The minimum absolute atomic E-state index is 0.0581. The largest absolute Gasteiger partial charge is 0.369 e. The first-order valence-corrected chi connectivity index (χ1v) is 8.86. The van der Waals surface area contributed by atoms with Crippen molar-refractivity contribution in [1.82, 2.24) is 10.2 Å². The van der Waals surface area contributed by atoms with E-state index >= 15 is 0 Å². The van der Waals surface area contributed by atoms with Crippen molar-refractivity contribution in [3.8, 4) is 0 Å². The van der Waals surface area contributed by atoms with Crippen LogP contribution in [-0.2, 0) is 4.79 Å². The van der Waals surface area contributed by atoms with Crippen LogP contribution >= 0.6 is 0 Å². The van der Waals surface area contributed by atoms with Gasteiger partial charge in [-0.2, -0.15) is 0 Å². The summed E-state index contributed by atoms with van der Waals surface area (Å²) in [6, 6.07) is 10.4. The number of amides is 1. The maximum Gasteiger partial charge on any atom is 0.237 e. The minimum atomic E-state index is -0.473. The van der Waals surface area contributed by atoms with E-state index in [1.54, 1.807) is 0 Å². The Morgan fingerprint density at radius 1 is 1.17 bits per heavy atom. The maximum absolute atomic E-state index is 12.2. The molecule has 0 saturated carbocycles. The molecule has 0 radical (unpaired) electrons. The van der Waals surface area contributed by atoms with Crippen LogP contribution in [0, 0.1) is 5.41 Å². The van der Waals surface area contributed by atoms with Crippen molar-refractivity contribution in [1.29, 1.82) is 0 Å². The van der Waals surface area contributed by atoms with Gasteiger partial charge in [0.15, 0.2) is 0 Å². The van der Waals surface area contributed by atoms with Gasteiger partial charge in [-0.1, -0.05) is 39.0 Å². The third kappa shape index (κ3) is 4.95. The summed E-state index contributed by atoms with van der Waals surface area (Å²) in [6.45, 7) is 12.8. The summed E-state index contributed by atoms with van der Waals surface area (Å²) in [4.78, 5) is 17.0. The Balaban J connectivity index is 1.77. The average Bonchev–Trinajstić information content (AvgIpc) is 2.58. The molecular weight excluding hydrogens is 300 g/mol. The predicted molar refractivity (Wildman–Crippen MR) is 100 cm³/mol. The standard InChI is InChI=1S/C19H32N4O/c1-15(14-21-18(24)17(20)19(2,3)4)22-10-12-23(13-11-22)16-8-6-5-7-9-16/h5-9,15,17H,10-14,20H2,1-4H3,(H,21,24)/t15?,17-/m1/s1. The lowest BCUT2D eigenvalue weighted by Crippen LogP contribution is -2.54. The zero-order chi connectivity index (χ0) is 17.7. The number of para-hydroxylation sites is 1. The van der Waals surface area contributed by atoms with Gasteiger partial charge in [-0.05, 0) is 24.5 Å². The summed E-state index contributed by atoms with van der Waals surface area (Å²) in [5.41, 5.74) is 7.08. The summed E-state index contributed by atoms with van der Waals surface area (Å²) in [6.07, 6.45) is 0. The molecule has 0 bridgehead atoms. The number of carbonyl (C=O) groups is 1. The molecule has 0 aliphatic carbocycles. The van der Waals surface area contributed by atoms with Gasteiger partial charge >= 0.3 is 0 Å². The number of benzene rings is 1. The number of nitrogens with zero attached hydrogens (tertiary/aromatic N) is 2. The number of hydrogen-bond donors (Lipinski definition) is 2. The molecule has 1 aliphatic rings. The fourth-order valence-electron chi connectivity index (χ4n) is 2.94. The quantitative estimate of drug-likeness (QED) is 0.861. The van der Waals surface area contributed by atoms with Gasteiger partial charge in [0.2, 0.25) is 5.91 Å². The van der Waals surface area contributed by atoms with Crippen LogP contribution in [0.15, 0.2) is 30.3 Å². The lowest BCUT2D eigenvalue weighted by atomic mass is 9.87. The van der Waals surface area contributed by atoms with Gasteiger partial charge in [-0.15, -0.1) is 0 Å². The smallest absolute Gasteiger partial charge is 0.237 e. The number of piperazine rings is 1. The number of hydrogen-bond acceptors (Lipinski definition) is 4. The highest BCUT2D eigenvalue weighted by Crippen LogP contribution is 2.18. The molecule has 0 spiro atoms. The topological polar surface area (TPSA) is 61.6 Å². The third-order valence-electron chi connectivity index (χ3n) is 4.85. The Hall–Kier alpha value is -1.59. The number of nitrogens with two attached hydrogens (primary N) is 1. The molecule has 5 heteroatoms. The van der Waals surface area contributed by atoms with Crippen molar-refractivity contribution in [3.63, 3.8) is 0 Å². The number of carbonyl (C=O) groups excluding carboxylic acids is 1. The van der Waals surface area contributed by atoms with Crippen LogP contribution in [0.5, 0.6) is 0 Å². The monoisotopic (exact) mass is 332 g/mol. The number of rotatable bonds is 5. The molecule has 1 saturated heterocycles. The van der Waals surface area contributed by atoms with Crippen LogP contribution in [0.1, 0.15) is 27.7 Å². The summed E-state index contributed by atoms with van der Waals surface area (Å²) < 4.78 is 0. The van der Waals surface area contributed by atoms with Crippen molar-refractivity contribution < 1.29 is 4.79 Å². The van der Waals surface area contributed by atoms with Gasteiger partial charge in [0, 0.05) is 44.5 Å². The molecule has 1 amide bonds. The third-order valence-corrected chi connectivity index (χ3v) is 4.85. The van der Waals surface area contributed by atoms with Crippen LogP contribution in [0.3, 0.4) is 0 Å². The fourth-order valence-corrected chi connectivity index (χ4v) is 2.94. The van der Waals surface area contributed by atoms with E-state index in [4.69, 9.17) is 5.73 Å². The second-order valence-corrected chi connectivity index (χ2v) is 7.80. The molecule has 1 heterocycles. The molecule has 2 atom stereocenters. The molecule has 1 aromatic carbocycles. The number of anilines is 1. The van der Waals surface area contributed by atoms with Crippen LogP contribution in [-0.4, -0.2) is 55.6 Å². The van der Waals surface area contributed by atoms with Crippen LogP contribution in [0.25, 0.3) is 0 Å². The highest BCUT2D eigenvalue weighted by atomic mass is 16.2. The van der Waals surface area contributed by atoms with E-state index in [-0.39, 0.29) is 11.3 Å². The van der Waals surface area contributed by atoms with Gasteiger partial charge in [0.1, 0.15) is 0 Å². The lowest BCUT2D eigenvalue weighted by Gasteiger charge is -2.39. The van der Waals surface area contributed by atoms with Gasteiger partial charge < -0.3 is 16.0 Å². The minimum Gasteiger partial charge on any atom is -0.369 e. The molecule has 134 valence electrons.